The van der Waals surface area contributed by atoms with Crippen molar-refractivity contribution in [1.29, 1.82) is 0 Å². The van der Waals surface area contributed by atoms with Crippen LogP contribution in [0, 0.1) is 10.1 Å². The fourth-order valence-electron chi connectivity index (χ4n) is 0.727. The van der Waals surface area contributed by atoms with Crippen LogP contribution in [0.2, 0.25) is 0 Å². The van der Waals surface area contributed by atoms with Gasteiger partial charge in [-0.1, -0.05) is 6.07 Å². The molecule has 4 N–H and O–H groups in total. The van der Waals surface area contributed by atoms with Crippen molar-refractivity contribution in [3.05, 3.63) is 34.4 Å². The smallest absolute Gasteiger partial charge is 0.178 e. The summed E-state index contributed by atoms with van der Waals surface area (Å²) in [4.78, 5) is 9.86. The molecule has 0 aromatic heterocycles. The molecule has 0 heterocycles. The molecule has 1 rings (SSSR count). The Morgan fingerprint density at radius 1 is 1.50 bits per heavy atom. The van der Waals surface area contributed by atoms with E-state index in [0.29, 0.717) is 11.4 Å². The molecule has 0 bridgehead atoms. The number of nitrogen functional groups attached to an aromatic ring is 1. The Hall–Kier alpha value is -1.98. The maximum atomic E-state index is 9.86. The van der Waals surface area contributed by atoms with Gasteiger partial charge in [0.05, 0.1) is 5.69 Å². The highest BCUT2D eigenvalue weighted by Crippen LogP contribution is 2.09. The molecule has 0 atom stereocenters. The largest absolute Gasteiger partial charge is 0.399 e. The summed E-state index contributed by atoms with van der Waals surface area (Å²) in [6, 6.07) is 6.62. The number of nitrogens with two attached hydrogens (primary N) is 1. The normalized spacial score (nSPS) is 9.00. The number of nitrogens with one attached hydrogen (secondary N) is 2. The molecular formula is C6H8N4O2. The Balaban J connectivity index is 2.57. The summed E-state index contributed by atoms with van der Waals surface area (Å²) in [5.74, 6) is 0. The third kappa shape index (κ3) is 2.33. The average Bonchev–Trinajstić information content (AvgIpc) is 2.01. The Morgan fingerprint density at radius 2 is 2.25 bits per heavy atom. The zero-order valence-electron chi connectivity index (χ0n) is 6.15. The molecule has 64 valence electrons. The molecule has 0 saturated carbocycles. The van der Waals surface area contributed by atoms with Gasteiger partial charge in [0.1, 0.15) is 0 Å². The van der Waals surface area contributed by atoms with Crippen LogP contribution in [0.25, 0.3) is 0 Å². The topological polar surface area (TPSA) is 93.2 Å². The lowest BCUT2D eigenvalue weighted by Crippen LogP contribution is -2.27. The van der Waals surface area contributed by atoms with Gasteiger partial charge in [-0.05, 0) is 23.7 Å². The number of benzene rings is 1. The molecule has 0 spiro atoms. The van der Waals surface area contributed by atoms with Crippen molar-refractivity contribution in [2.24, 2.45) is 0 Å². The molecular weight excluding hydrogens is 160 g/mol. The number of nitrogens with zero attached hydrogens (tertiary/aromatic N) is 1. The Labute approximate surface area is 68.5 Å². The zero-order valence-corrected chi connectivity index (χ0v) is 6.15. The number of nitro groups is 1. The minimum absolute atomic E-state index is 0.546. The Morgan fingerprint density at radius 3 is 2.83 bits per heavy atom. The second-order valence-electron chi connectivity index (χ2n) is 2.12. The van der Waals surface area contributed by atoms with Gasteiger partial charge in [0.2, 0.25) is 0 Å². The van der Waals surface area contributed by atoms with Gasteiger partial charge in [-0.3, -0.25) is 0 Å². The van der Waals surface area contributed by atoms with Gasteiger partial charge < -0.3 is 5.73 Å². The van der Waals surface area contributed by atoms with Crippen LogP contribution in [0.15, 0.2) is 24.3 Å². The van der Waals surface area contributed by atoms with Gasteiger partial charge in [-0.25, -0.2) is 15.5 Å². The molecule has 1 aromatic rings. The predicted molar refractivity (Wildman–Crippen MR) is 44.6 cm³/mol. The van der Waals surface area contributed by atoms with Crippen molar-refractivity contribution < 1.29 is 5.03 Å². The summed E-state index contributed by atoms with van der Waals surface area (Å²) in [5.41, 5.74) is 10.7. The lowest BCUT2D eigenvalue weighted by atomic mass is 10.3. The number of hydrazine groups is 2. The first kappa shape index (κ1) is 8.12. The highest BCUT2D eigenvalue weighted by atomic mass is 16.7. The molecule has 0 radical (unpaired) electrons. The summed E-state index contributed by atoms with van der Waals surface area (Å²) >= 11 is 0. The molecule has 6 nitrogen and oxygen atoms in total. The summed E-state index contributed by atoms with van der Waals surface area (Å²) in [6.45, 7) is 0. The van der Waals surface area contributed by atoms with E-state index in [1.807, 2.05) is 0 Å². The SMILES string of the molecule is Nc1cccc(NN[N+](=O)[O-])c1. The van der Waals surface area contributed by atoms with Crippen molar-refractivity contribution in [2.45, 2.75) is 0 Å². The summed E-state index contributed by atoms with van der Waals surface area (Å²) in [5, 5.41) is 9.17. The number of anilines is 2. The fraction of sp³-hybridized carbons (Fsp3) is 0. The van der Waals surface area contributed by atoms with Crippen LogP contribution in [0.5, 0.6) is 0 Å². The monoisotopic (exact) mass is 168 g/mol. The van der Waals surface area contributed by atoms with Gasteiger partial charge in [0.25, 0.3) is 0 Å². The third-order valence-corrected chi connectivity index (χ3v) is 1.18. The minimum Gasteiger partial charge on any atom is -0.399 e. The molecule has 12 heavy (non-hydrogen) atoms. The quantitative estimate of drug-likeness (QED) is 0.344. The summed E-state index contributed by atoms with van der Waals surface area (Å²) in [6.07, 6.45) is 0. The highest BCUT2D eigenvalue weighted by Gasteiger charge is 1.94. The molecule has 0 saturated heterocycles. The van der Waals surface area contributed by atoms with Crippen LogP contribution < -0.4 is 16.7 Å². The van der Waals surface area contributed by atoms with E-state index >= 15 is 0 Å². The van der Waals surface area contributed by atoms with Gasteiger partial charge in [0, 0.05) is 5.69 Å². The van der Waals surface area contributed by atoms with Gasteiger partial charge in [0.15, 0.2) is 5.03 Å². The Kier molecular flexibility index (Phi) is 2.32. The molecule has 6 heteroatoms. The van der Waals surface area contributed by atoms with Crippen LogP contribution in [0.3, 0.4) is 0 Å². The Bertz CT molecular complexity index is 289. The average molecular weight is 168 g/mol. The molecule has 0 fully saturated rings. The molecule has 0 aliphatic rings. The van der Waals surface area contributed by atoms with E-state index in [2.05, 4.69) is 5.43 Å². The van der Waals surface area contributed by atoms with Crippen LogP contribution >= 0.6 is 0 Å². The first-order chi connectivity index (χ1) is 5.68. The standard InChI is InChI=1S/C6H8N4O2/c7-5-2-1-3-6(4-5)8-9-10(11)12/h1-4,8-9H,7H2. The van der Waals surface area contributed by atoms with Gasteiger partial charge in [-0.15, -0.1) is 0 Å². The van der Waals surface area contributed by atoms with E-state index in [4.69, 9.17) is 5.73 Å². The summed E-state index contributed by atoms with van der Waals surface area (Å²) < 4.78 is 0. The van der Waals surface area contributed by atoms with Crippen LogP contribution in [0.4, 0.5) is 11.4 Å². The van der Waals surface area contributed by atoms with E-state index in [0.717, 1.165) is 0 Å². The van der Waals surface area contributed by atoms with E-state index in [-0.39, 0.29) is 0 Å². The predicted octanol–water partition coefficient (Wildman–Crippen LogP) is 0.377. The lowest BCUT2D eigenvalue weighted by molar-refractivity contribution is -0.538. The van der Waals surface area contributed by atoms with Crippen molar-refractivity contribution in [3.63, 3.8) is 0 Å². The lowest BCUT2D eigenvalue weighted by Gasteiger charge is -2.01. The zero-order chi connectivity index (χ0) is 8.97. The maximum absolute atomic E-state index is 9.86. The number of hydrogen-bond acceptors (Lipinski definition) is 4. The molecule has 1 aromatic carbocycles. The van der Waals surface area contributed by atoms with Crippen LogP contribution in [-0.4, -0.2) is 5.03 Å². The number of rotatable bonds is 3. The van der Waals surface area contributed by atoms with E-state index in [9.17, 15) is 10.1 Å². The fourth-order valence-corrected chi connectivity index (χ4v) is 0.727. The van der Waals surface area contributed by atoms with Gasteiger partial charge >= 0.3 is 0 Å². The van der Waals surface area contributed by atoms with Crippen molar-refractivity contribution in [2.75, 3.05) is 11.2 Å². The molecule has 0 aliphatic carbocycles. The third-order valence-electron chi connectivity index (χ3n) is 1.18. The van der Waals surface area contributed by atoms with E-state index in [1.165, 1.54) is 0 Å². The van der Waals surface area contributed by atoms with Crippen molar-refractivity contribution in [3.8, 4) is 0 Å². The first-order valence-electron chi connectivity index (χ1n) is 3.20. The summed E-state index contributed by atoms with van der Waals surface area (Å²) in [7, 11) is 0. The highest BCUT2D eigenvalue weighted by molar-refractivity contribution is 5.53. The van der Waals surface area contributed by atoms with Gasteiger partial charge in [-0.2, -0.15) is 0 Å². The number of hydrogen-bond donors (Lipinski definition) is 3. The van der Waals surface area contributed by atoms with Crippen LogP contribution in [0.1, 0.15) is 0 Å². The van der Waals surface area contributed by atoms with Crippen LogP contribution in [-0.2, 0) is 0 Å². The molecule has 0 aliphatic heterocycles. The minimum atomic E-state index is -0.691. The molecule has 0 unspecified atom stereocenters. The van der Waals surface area contributed by atoms with Crippen molar-refractivity contribution >= 4 is 11.4 Å². The van der Waals surface area contributed by atoms with E-state index in [1.54, 1.807) is 29.8 Å². The maximum Gasteiger partial charge on any atom is 0.178 e. The first-order valence-corrected chi connectivity index (χ1v) is 3.20. The van der Waals surface area contributed by atoms with Crippen molar-refractivity contribution in [1.82, 2.24) is 5.53 Å². The van der Waals surface area contributed by atoms with E-state index < -0.39 is 5.03 Å². The second kappa shape index (κ2) is 3.42. The second-order valence-corrected chi connectivity index (χ2v) is 2.12. The molecule has 0 amide bonds.